The molecule has 3 heterocycles. The van der Waals surface area contributed by atoms with Gasteiger partial charge in [-0.3, -0.25) is 9.69 Å². The van der Waals surface area contributed by atoms with Gasteiger partial charge in [0.2, 0.25) is 0 Å². The highest BCUT2D eigenvalue weighted by atomic mass is 32.1. The third-order valence-corrected chi connectivity index (χ3v) is 7.23. The smallest absolute Gasteiger partial charge is 0.419 e. The van der Waals surface area contributed by atoms with E-state index in [0.29, 0.717) is 37.2 Å². The first-order chi connectivity index (χ1) is 17.2. The fraction of sp³-hybridized carbons (Fsp3) is 0.417. The summed E-state index contributed by atoms with van der Waals surface area (Å²) in [5.41, 5.74) is -2.60. The van der Waals surface area contributed by atoms with Gasteiger partial charge in [-0.15, -0.1) is 0 Å². The van der Waals surface area contributed by atoms with Gasteiger partial charge >= 0.3 is 6.18 Å². The Bertz CT molecular complexity index is 1240. The molecule has 1 aromatic carbocycles. The lowest BCUT2D eigenvalue weighted by molar-refractivity contribution is -0.138. The summed E-state index contributed by atoms with van der Waals surface area (Å²) >= 11 is 5.60. The van der Waals surface area contributed by atoms with E-state index in [0.717, 1.165) is 23.6 Å². The Hall–Kier alpha value is -3.30. The van der Waals surface area contributed by atoms with Crippen LogP contribution in [0.15, 0.2) is 36.5 Å². The number of anilines is 2. The van der Waals surface area contributed by atoms with Crippen LogP contribution in [0, 0.1) is 11.3 Å². The van der Waals surface area contributed by atoms with Crippen LogP contribution < -0.4 is 19.9 Å². The van der Waals surface area contributed by atoms with Gasteiger partial charge in [0.25, 0.3) is 5.91 Å². The molecule has 2 aliphatic heterocycles. The Balaban J connectivity index is 1.45. The number of thiocarbonyl (C=S) groups is 1. The maximum absolute atomic E-state index is 14.1. The fourth-order valence-corrected chi connectivity index (χ4v) is 5.34. The number of ether oxygens (including phenoxy) is 1. The fourth-order valence-electron chi connectivity index (χ4n) is 4.87. The van der Waals surface area contributed by atoms with E-state index < -0.39 is 41.2 Å². The molecule has 2 atom stereocenters. The van der Waals surface area contributed by atoms with Crippen molar-refractivity contribution < 1.29 is 27.1 Å². The van der Waals surface area contributed by atoms with E-state index in [1.165, 1.54) is 6.07 Å². The van der Waals surface area contributed by atoms with Crippen LogP contribution in [0.25, 0.3) is 0 Å². The summed E-state index contributed by atoms with van der Waals surface area (Å²) in [6.45, 7) is 0.886. The van der Waals surface area contributed by atoms with E-state index in [-0.39, 0.29) is 17.3 Å². The molecule has 1 saturated carbocycles. The van der Waals surface area contributed by atoms with Gasteiger partial charge in [0.15, 0.2) is 10.8 Å². The number of amides is 1. The molecule has 1 spiro atoms. The molecule has 2 unspecified atom stereocenters. The zero-order chi connectivity index (χ0) is 25.7. The van der Waals surface area contributed by atoms with Crippen molar-refractivity contribution in [1.29, 1.82) is 5.26 Å². The Kier molecular flexibility index (Phi) is 6.08. The van der Waals surface area contributed by atoms with Gasteiger partial charge in [0.1, 0.15) is 29.6 Å². The van der Waals surface area contributed by atoms with Crippen LogP contribution in [0.4, 0.5) is 28.9 Å². The number of carbonyl (C=O) groups excluding carboxylic acids is 1. The topological polar surface area (TPSA) is 81.5 Å². The molecule has 12 heteroatoms. The highest BCUT2D eigenvalue weighted by molar-refractivity contribution is 7.81. The molecule has 1 aromatic heterocycles. The van der Waals surface area contributed by atoms with Crippen molar-refractivity contribution in [2.45, 2.75) is 49.7 Å². The molecule has 2 aromatic rings. The zero-order valence-electron chi connectivity index (χ0n) is 18.9. The third kappa shape index (κ3) is 3.96. The summed E-state index contributed by atoms with van der Waals surface area (Å²) in [7, 11) is 0. The normalized spacial score (nSPS) is 23.5. The van der Waals surface area contributed by atoms with Gasteiger partial charge in [-0.1, -0.05) is 0 Å². The minimum Gasteiger partial charge on any atom is -0.487 e. The van der Waals surface area contributed by atoms with E-state index in [1.807, 2.05) is 0 Å². The number of nitrogens with one attached hydrogen (secondary N) is 1. The molecule has 0 radical (unpaired) electrons. The number of alkyl halides is 4. The first-order valence-corrected chi connectivity index (χ1v) is 11.8. The predicted molar refractivity (Wildman–Crippen MR) is 126 cm³/mol. The first kappa shape index (κ1) is 24.4. The summed E-state index contributed by atoms with van der Waals surface area (Å²) in [6.07, 6.45) is -3.21. The summed E-state index contributed by atoms with van der Waals surface area (Å²) in [5.74, 6) is 0.0315. The summed E-state index contributed by atoms with van der Waals surface area (Å²) in [5, 5.41) is 12.0. The van der Waals surface area contributed by atoms with E-state index in [2.05, 4.69) is 10.3 Å². The number of nitrogens with zero attached hydrogens (tertiary/aromatic N) is 4. The summed E-state index contributed by atoms with van der Waals surface area (Å²) in [6, 6.07) is 8.89. The number of carbonyl (C=O) groups is 1. The van der Waals surface area contributed by atoms with Crippen molar-refractivity contribution in [2.75, 3.05) is 22.9 Å². The van der Waals surface area contributed by atoms with Crippen molar-refractivity contribution in [3.05, 3.63) is 47.8 Å². The van der Waals surface area contributed by atoms with Crippen molar-refractivity contribution in [3.63, 3.8) is 0 Å². The Morgan fingerprint density at radius 3 is 2.53 bits per heavy atom. The molecular formula is C24H21F4N5O2S. The first-order valence-electron chi connectivity index (χ1n) is 11.4. The number of piperidine rings is 1. The molecule has 1 aliphatic carbocycles. The lowest BCUT2D eigenvalue weighted by Crippen LogP contribution is -2.55. The number of hydrogen-bond acceptors (Lipinski definition) is 6. The Labute approximate surface area is 209 Å². The number of halogens is 4. The van der Waals surface area contributed by atoms with Crippen molar-refractivity contribution in [2.24, 2.45) is 0 Å². The maximum atomic E-state index is 14.1. The van der Waals surface area contributed by atoms with Gasteiger partial charge in [0, 0.05) is 12.2 Å². The molecule has 0 bridgehead atoms. The average Bonchev–Trinajstić information content (AvgIpc) is 3.07. The molecular weight excluding hydrogens is 498 g/mol. The highest BCUT2D eigenvalue weighted by Crippen LogP contribution is 2.48. The van der Waals surface area contributed by atoms with Crippen molar-refractivity contribution >= 4 is 34.6 Å². The van der Waals surface area contributed by atoms with E-state index in [4.69, 9.17) is 22.2 Å². The summed E-state index contributed by atoms with van der Waals surface area (Å²) < 4.78 is 60.5. The Morgan fingerprint density at radius 1 is 1.22 bits per heavy atom. The van der Waals surface area contributed by atoms with Crippen LogP contribution in [0.2, 0.25) is 0 Å². The van der Waals surface area contributed by atoms with Crippen LogP contribution in [0.3, 0.4) is 0 Å². The molecule has 7 nitrogen and oxygen atoms in total. The highest BCUT2D eigenvalue weighted by Gasteiger charge is 2.59. The molecule has 3 aliphatic rings. The molecule has 5 rings (SSSR count). The van der Waals surface area contributed by atoms with E-state index >= 15 is 0 Å². The molecule has 36 heavy (non-hydrogen) atoms. The van der Waals surface area contributed by atoms with Gasteiger partial charge in [-0.25, -0.2) is 9.37 Å². The SMILES string of the molecule is N#Cc1ncc(N2C(=O)C3(CCC3)N(c3ccc(OC4CCNCC4F)cc3)C2=S)cc1C(F)(F)F. The summed E-state index contributed by atoms with van der Waals surface area (Å²) in [4.78, 5) is 19.9. The van der Waals surface area contributed by atoms with Gasteiger partial charge in [0.05, 0.1) is 17.4 Å². The third-order valence-electron chi connectivity index (χ3n) is 6.87. The van der Waals surface area contributed by atoms with Gasteiger partial charge in [-0.05, 0) is 74.8 Å². The lowest BCUT2D eigenvalue weighted by Gasteiger charge is -2.43. The van der Waals surface area contributed by atoms with Crippen LogP contribution in [0.5, 0.6) is 5.75 Å². The van der Waals surface area contributed by atoms with E-state index in [1.54, 1.807) is 29.2 Å². The lowest BCUT2D eigenvalue weighted by atomic mass is 9.75. The number of benzene rings is 1. The van der Waals surface area contributed by atoms with Gasteiger partial charge < -0.3 is 15.0 Å². The second-order valence-corrected chi connectivity index (χ2v) is 9.37. The standard InChI is InChI=1S/C24H21F4N5O2S/c25-18-13-30-9-6-20(18)35-16-4-2-14(3-5-16)33-22(36)32(21(34)23(33)7-1-8-23)15-10-17(24(26,27)28)19(11-29)31-12-15/h2-5,10,12,18,20,30H,1,6-9,13H2. The number of hydrogen-bond donors (Lipinski definition) is 1. The van der Waals surface area contributed by atoms with Crippen LogP contribution in [-0.4, -0.2) is 46.9 Å². The monoisotopic (exact) mass is 519 g/mol. The molecule has 1 amide bonds. The van der Waals surface area contributed by atoms with Crippen LogP contribution in [0.1, 0.15) is 36.9 Å². The van der Waals surface area contributed by atoms with Crippen LogP contribution >= 0.6 is 12.2 Å². The number of pyridine rings is 1. The number of nitriles is 1. The minimum absolute atomic E-state index is 0.0233. The molecule has 1 N–H and O–H groups in total. The zero-order valence-corrected chi connectivity index (χ0v) is 19.7. The largest absolute Gasteiger partial charge is 0.487 e. The quantitative estimate of drug-likeness (QED) is 0.481. The Morgan fingerprint density at radius 2 is 1.94 bits per heavy atom. The number of rotatable bonds is 4. The maximum Gasteiger partial charge on any atom is 0.419 e. The van der Waals surface area contributed by atoms with Gasteiger partial charge in [-0.2, -0.15) is 18.4 Å². The average molecular weight is 520 g/mol. The molecule has 2 saturated heterocycles. The molecule has 3 fully saturated rings. The number of aromatic nitrogens is 1. The van der Waals surface area contributed by atoms with Crippen LogP contribution in [-0.2, 0) is 11.0 Å². The molecule has 188 valence electrons. The predicted octanol–water partition coefficient (Wildman–Crippen LogP) is 4.11. The minimum atomic E-state index is -4.82. The van der Waals surface area contributed by atoms with Crippen molar-refractivity contribution in [3.8, 4) is 11.8 Å². The second-order valence-electron chi connectivity index (χ2n) is 9.00. The second kappa shape index (κ2) is 8.97. The van der Waals surface area contributed by atoms with Crippen molar-refractivity contribution in [1.82, 2.24) is 10.3 Å². The van der Waals surface area contributed by atoms with E-state index in [9.17, 15) is 22.4 Å².